The van der Waals surface area contributed by atoms with Crippen molar-refractivity contribution >= 4 is 33.5 Å². The first-order valence-corrected chi connectivity index (χ1v) is 7.06. The number of hydrogen-bond acceptors (Lipinski definition) is 5. The molecule has 2 aromatic heterocycles. The molecule has 0 saturated heterocycles. The highest BCUT2D eigenvalue weighted by Crippen LogP contribution is 2.18. The van der Waals surface area contributed by atoms with Crippen LogP contribution in [0.1, 0.15) is 17.1 Å². The van der Waals surface area contributed by atoms with E-state index >= 15 is 0 Å². The van der Waals surface area contributed by atoms with Gasteiger partial charge in [0.05, 0.1) is 12.1 Å². The van der Waals surface area contributed by atoms with Gasteiger partial charge in [-0.1, -0.05) is 6.07 Å². The van der Waals surface area contributed by atoms with Gasteiger partial charge in [-0.05, 0) is 24.6 Å². The van der Waals surface area contributed by atoms with Gasteiger partial charge < -0.3 is 9.73 Å². The molecule has 0 aliphatic rings. The van der Waals surface area contributed by atoms with Crippen LogP contribution in [0.4, 0.5) is 5.13 Å². The summed E-state index contributed by atoms with van der Waals surface area (Å²) in [5.41, 5.74) is 3.32. The topological polar surface area (TPSA) is 68.0 Å². The van der Waals surface area contributed by atoms with Crippen LogP contribution >= 0.6 is 11.3 Å². The van der Waals surface area contributed by atoms with Gasteiger partial charge in [0.2, 0.25) is 5.91 Å². The van der Waals surface area contributed by atoms with Crippen molar-refractivity contribution in [3.63, 3.8) is 0 Å². The second-order valence-electron chi connectivity index (χ2n) is 4.55. The van der Waals surface area contributed by atoms with Crippen LogP contribution in [0.15, 0.2) is 28.0 Å². The maximum Gasteiger partial charge on any atom is 0.230 e. The van der Waals surface area contributed by atoms with Crippen LogP contribution in [0.2, 0.25) is 0 Å². The highest BCUT2D eigenvalue weighted by atomic mass is 32.1. The van der Waals surface area contributed by atoms with E-state index in [0.717, 1.165) is 22.4 Å². The maximum absolute atomic E-state index is 11.9. The molecule has 6 heteroatoms. The number of nitrogens with one attached hydrogen (secondary N) is 1. The Hall–Kier alpha value is -2.21. The Labute approximate surface area is 119 Å². The highest BCUT2D eigenvalue weighted by Gasteiger charge is 2.09. The first-order chi connectivity index (χ1) is 9.60. The van der Waals surface area contributed by atoms with Crippen molar-refractivity contribution in [2.75, 3.05) is 5.32 Å². The molecule has 1 amide bonds. The Morgan fingerprint density at radius 1 is 1.35 bits per heavy atom. The molecule has 0 unspecified atom stereocenters. The lowest BCUT2D eigenvalue weighted by atomic mass is 10.1. The van der Waals surface area contributed by atoms with Gasteiger partial charge in [0, 0.05) is 12.3 Å². The van der Waals surface area contributed by atoms with Crippen LogP contribution in [0.25, 0.3) is 11.1 Å². The van der Waals surface area contributed by atoms with E-state index in [4.69, 9.17) is 4.42 Å². The fourth-order valence-electron chi connectivity index (χ4n) is 1.96. The molecule has 5 nitrogen and oxygen atoms in total. The minimum Gasteiger partial charge on any atom is -0.441 e. The molecule has 0 fully saturated rings. The number of nitrogens with zero attached hydrogens (tertiary/aromatic N) is 2. The molecule has 20 heavy (non-hydrogen) atoms. The third kappa shape index (κ3) is 2.70. The van der Waals surface area contributed by atoms with Crippen molar-refractivity contribution in [1.82, 2.24) is 9.97 Å². The number of carbonyl (C=O) groups excluding carboxylic acids is 1. The molecular formula is C14H13N3O2S. The van der Waals surface area contributed by atoms with E-state index in [0.29, 0.717) is 17.4 Å². The summed E-state index contributed by atoms with van der Waals surface area (Å²) >= 11 is 1.42. The maximum atomic E-state index is 11.9. The lowest BCUT2D eigenvalue weighted by Crippen LogP contribution is -2.14. The van der Waals surface area contributed by atoms with Gasteiger partial charge in [0.15, 0.2) is 16.6 Å². The second kappa shape index (κ2) is 5.05. The Bertz CT molecular complexity index is 776. The van der Waals surface area contributed by atoms with Crippen molar-refractivity contribution in [3.8, 4) is 0 Å². The average Bonchev–Trinajstić information content (AvgIpc) is 2.93. The predicted molar refractivity (Wildman–Crippen MR) is 77.9 cm³/mol. The summed E-state index contributed by atoms with van der Waals surface area (Å²) in [6.45, 7) is 3.70. The molecule has 1 N–H and O–H groups in total. The van der Waals surface area contributed by atoms with Gasteiger partial charge in [-0.25, -0.2) is 9.97 Å². The quantitative estimate of drug-likeness (QED) is 0.803. The molecule has 2 heterocycles. The first-order valence-electron chi connectivity index (χ1n) is 6.18. The summed E-state index contributed by atoms with van der Waals surface area (Å²) in [6, 6.07) is 5.59. The van der Waals surface area contributed by atoms with Crippen LogP contribution < -0.4 is 5.32 Å². The summed E-state index contributed by atoms with van der Waals surface area (Å²) in [5, 5.41) is 5.32. The molecule has 0 radical (unpaired) electrons. The Kier molecular flexibility index (Phi) is 3.23. The van der Waals surface area contributed by atoms with Gasteiger partial charge in [-0.3, -0.25) is 4.79 Å². The molecule has 1 aromatic carbocycles. The number of rotatable bonds is 3. The second-order valence-corrected chi connectivity index (χ2v) is 5.41. The van der Waals surface area contributed by atoms with Gasteiger partial charge in [-0.15, -0.1) is 11.3 Å². The summed E-state index contributed by atoms with van der Waals surface area (Å²) in [6.07, 6.45) is 0.292. The Morgan fingerprint density at radius 2 is 2.20 bits per heavy atom. The van der Waals surface area contributed by atoms with Crippen LogP contribution in [-0.2, 0) is 11.2 Å². The fraction of sp³-hybridized carbons (Fsp3) is 0.214. The number of hydrogen-bond donors (Lipinski definition) is 1. The predicted octanol–water partition coefficient (Wildman–Crippen LogP) is 3.08. The SMILES string of the molecule is Cc1csc(NC(=O)Cc2ccc3oc(C)nc3c2)n1. The zero-order valence-corrected chi connectivity index (χ0v) is 12.0. The summed E-state index contributed by atoms with van der Waals surface area (Å²) in [4.78, 5) is 20.4. The van der Waals surface area contributed by atoms with Crippen molar-refractivity contribution in [2.45, 2.75) is 20.3 Å². The van der Waals surface area contributed by atoms with Crippen LogP contribution in [0.3, 0.4) is 0 Å². The van der Waals surface area contributed by atoms with Gasteiger partial charge in [0.1, 0.15) is 5.52 Å². The zero-order valence-electron chi connectivity index (χ0n) is 11.1. The van der Waals surface area contributed by atoms with E-state index < -0.39 is 0 Å². The molecule has 0 atom stereocenters. The molecule has 0 saturated carbocycles. The minimum absolute atomic E-state index is 0.0843. The summed E-state index contributed by atoms with van der Waals surface area (Å²) in [7, 11) is 0. The van der Waals surface area contributed by atoms with E-state index in [1.54, 1.807) is 6.92 Å². The number of aryl methyl sites for hydroxylation is 2. The van der Waals surface area contributed by atoms with Crippen LogP contribution in [-0.4, -0.2) is 15.9 Å². The van der Waals surface area contributed by atoms with E-state index in [1.807, 2.05) is 30.5 Å². The van der Waals surface area contributed by atoms with Gasteiger partial charge in [-0.2, -0.15) is 0 Å². The molecule has 0 aliphatic heterocycles. The molecular weight excluding hydrogens is 274 g/mol. The zero-order chi connectivity index (χ0) is 14.1. The molecule has 3 aromatic rings. The van der Waals surface area contributed by atoms with E-state index in [9.17, 15) is 4.79 Å². The molecule has 0 spiro atoms. The summed E-state index contributed by atoms with van der Waals surface area (Å²) < 4.78 is 5.41. The molecule has 102 valence electrons. The van der Waals surface area contributed by atoms with E-state index in [-0.39, 0.29) is 5.91 Å². The Morgan fingerprint density at radius 3 is 2.95 bits per heavy atom. The largest absolute Gasteiger partial charge is 0.441 e. The lowest BCUT2D eigenvalue weighted by molar-refractivity contribution is -0.115. The fourth-order valence-corrected chi connectivity index (χ4v) is 2.66. The number of amides is 1. The number of thiazole rings is 1. The van der Waals surface area contributed by atoms with Crippen LogP contribution in [0, 0.1) is 13.8 Å². The minimum atomic E-state index is -0.0843. The van der Waals surface area contributed by atoms with Crippen LogP contribution in [0.5, 0.6) is 0 Å². The number of anilines is 1. The van der Waals surface area contributed by atoms with E-state index in [1.165, 1.54) is 11.3 Å². The van der Waals surface area contributed by atoms with Crippen molar-refractivity contribution in [2.24, 2.45) is 0 Å². The third-order valence-electron chi connectivity index (χ3n) is 2.79. The van der Waals surface area contributed by atoms with E-state index in [2.05, 4.69) is 15.3 Å². The number of oxazole rings is 1. The lowest BCUT2D eigenvalue weighted by Gasteiger charge is -2.01. The monoisotopic (exact) mass is 287 g/mol. The highest BCUT2D eigenvalue weighted by molar-refractivity contribution is 7.13. The number of benzene rings is 1. The molecule has 3 rings (SSSR count). The van der Waals surface area contributed by atoms with Crippen molar-refractivity contribution < 1.29 is 9.21 Å². The molecule has 0 aliphatic carbocycles. The summed E-state index contributed by atoms with van der Waals surface area (Å²) in [5.74, 6) is 0.541. The van der Waals surface area contributed by atoms with Crippen molar-refractivity contribution in [1.29, 1.82) is 0 Å². The first kappa shape index (κ1) is 12.8. The number of fused-ring (bicyclic) bond motifs is 1. The normalized spacial score (nSPS) is 10.9. The Balaban J connectivity index is 1.73. The third-order valence-corrected chi connectivity index (χ3v) is 3.66. The average molecular weight is 287 g/mol. The van der Waals surface area contributed by atoms with Crippen molar-refractivity contribution in [3.05, 3.63) is 40.7 Å². The number of aromatic nitrogens is 2. The standard InChI is InChI=1S/C14H13N3O2S/c1-8-7-20-14(15-8)17-13(18)6-10-3-4-12-11(5-10)16-9(2)19-12/h3-5,7H,6H2,1-2H3,(H,15,17,18). The smallest absolute Gasteiger partial charge is 0.230 e. The number of carbonyl (C=O) groups is 1. The van der Waals surface area contributed by atoms with Gasteiger partial charge >= 0.3 is 0 Å². The van der Waals surface area contributed by atoms with Gasteiger partial charge in [0.25, 0.3) is 0 Å². The molecule has 0 bridgehead atoms.